The quantitative estimate of drug-likeness (QED) is 0.161. The van der Waals surface area contributed by atoms with E-state index in [-0.39, 0.29) is 34.9 Å². The van der Waals surface area contributed by atoms with Gasteiger partial charge in [0.2, 0.25) is 23.6 Å². The number of hydrogen-bond acceptors (Lipinski definition) is 6. The number of phenolic OH excluding ortho intramolecular Hbond substituents is 1. The van der Waals surface area contributed by atoms with E-state index in [0.717, 1.165) is 4.90 Å². The van der Waals surface area contributed by atoms with Crippen molar-refractivity contribution < 1.29 is 55.4 Å². The lowest BCUT2D eigenvalue weighted by Gasteiger charge is -2.49. The van der Waals surface area contributed by atoms with Crippen molar-refractivity contribution in [1.29, 1.82) is 0 Å². The highest BCUT2D eigenvalue weighted by Crippen LogP contribution is 2.65. The SMILES string of the molecule is COc1cc([C@H]2C3=CC[C@@H]4C(=O)N(c5cc(C(F)(F)F)cc(C(F)(F)F)c5)C(=O)[C@@H]4[C@@H]3C[C@H]3C(=O)N(c4ccccc4)C(=O)[C@@]23C)c(Br)c(Br)c1O. The molecule has 3 fully saturated rings. The largest absolute Gasteiger partial charge is 0.503 e. The van der Waals surface area contributed by atoms with Gasteiger partial charge in [-0.15, -0.1) is 0 Å². The molecular formula is C36H26Br2F6N2O6. The van der Waals surface area contributed by atoms with Gasteiger partial charge in [0.1, 0.15) is 0 Å². The van der Waals surface area contributed by atoms with E-state index in [9.17, 15) is 50.6 Å². The van der Waals surface area contributed by atoms with Crippen LogP contribution in [-0.4, -0.2) is 35.8 Å². The van der Waals surface area contributed by atoms with E-state index in [2.05, 4.69) is 31.9 Å². The van der Waals surface area contributed by atoms with Crippen molar-refractivity contribution in [3.05, 3.63) is 91.9 Å². The molecule has 2 saturated heterocycles. The number of carbonyl (C=O) groups is 4. The average molecular weight is 856 g/mol. The van der Waals surface area contributed by atoms with E-state index in [4.69, 9.17) is 4.74 Å². The first-order chi connectivity index (χ1) is 24.3. The summed E-state index contributed by atoms with van der Waals surface area (Å²) in [5.41, 5.74) is -4.57. The fourth-order valence-corrected chi connectivity index (χ4v) is 9.44. The molecule has 0 aromatic heterocycles. The molecule has 3 aromatic rings. The molecule has 2 aliphatic carbocycles. The van der Waals surface area contributed by atoms with Gasteiger partial charge in [0.05, 0.1) is 57.3 Å². The molecule has 4 amide bonds. The van der Waals surface area contributed by atoms with Crippen molar-refractivity contribution in [1.82, 2.24) is 0 Å². The highest BCUT2D eigenvalue weighted by Gasteiger charge is 2.68. The Balaban J connectivity index is 1.40. The normalized spacial score (nSPS) is 27.4. The standard InChI is InChI=1S/C36H26Br2F6N2O6/c1-34-23(31(49)46(33(34)51)17-6-4-3-5-7-17)13-21-19(26(34)22-14-24(52-2)29(47)28(38)27(22)37)8-9-20-25(21)32(50)45(30(20)48)18-11-15(35(39,40)41)10-16(12-18)36(42,43)44/h3-8,10-12,14,20-21,23,25-26,47H,9,13H2,1-2H3/t20-,21+,23-,25-,26+,34+/m0/s1. The molecule has 8 nitrogen and oxygen atoms in total. The van der Waals surface area contributed by atoms with Crippen LogP contribution in [0.3, 0.4) is 0 Å². The number of hydrogen-bond donors (Lipinski definition) is 1. The van der Waals surface area contributed by atoms with Crippen LogP contribution < -0.4 is 14.5 Å². The Labute approximate surface area is 308 Å². The zero-order chi connectivity index (χ0) is 37.8. The van der Waals surface area contributed by atoms with Crippen molar-refractivity contribution in [2.75, 3.05) is 16.9 Å². The second-order valence-corrected chi connectivity index (χ2v) is 15.0. The number of nitrogens with zero attached hydrogens (tertiary/aromatic N) is 2. The molecule has 52 heavy (non-hydrogen) atoms. The summed E-state index contributed by atoms with van der Waals surface area (Å²) in [6, 6.07) is 10.3. The molecule has 0 unspecified atom stereocenters. The number of imide groups is 2. The third kappa shape index (κ3) is 5.22. The number of benzene rings is 3. The van der Waals surface area contributed by atoms with E-state index in [1.54, 1.807) is 43.3 Å². The predicted octanol–water partition coefficient (Wildman–Crippen LogP) is 8.40. The molecule has 4 aliphatic rings. The predicted molar refractivity (Wildman–Crippen MR) is 180 cm³/mol. The van der Waals surface area contributed by atoms with Gasteiger partial charge in [-0.25, -0.2) is 9.80 Å². The van der Waals surface area contributed by atoms with Gasteiger partial charge in [-0.2, -0.15) is 26.3 Å². The number of methoxy groups -OCH3 is 1. The van der Waals surface area contributed by atoms with Gasteiger partial charge >= 0.3 is 12.4 Å². The van der Waals surface area contributed by atoms with E-state index in [1.807, 2.05) is 0 Å². The molecule has 6 atom stereocenters. The number of para-hydroxylation sites is 1. The van der Waals surface area contributed by atoms with Gasteiger partial charge in [-0.05, 0) is 99.5 Å². The maximum atomic E-state index is 14.6. The van der Waals surface area contributed by atoms with Crippen LogP contribution in [0.15, 0.2) is 75.2 Å². The summed E-state index contributed by atoms with van der Waals surface area (Å²) in [5, 5.41) is 10.8. The van der Waals surface area contributed by atoms with Crippen LogP contribution in [0.1, 0.15) is 42.4 Å². The summed E-state index contributed by atoms with van der Waals surface area (Å²) in [7, 11) is 1.31. The summed E-state index contributed by atoms with van der Waals surface area (Å²) in [6.07, 6.45) is -9.03. The van der Waals surface area contributed by atoms with Crippen molar-refractivity contribution in [3.63, 3.8) is 0 Å². The molecule has 2 aliphatic heterocycles. The van der Waals surface area contributed by atoms with Gasteiger partial charge in [-0.1, -0.05) is 29.8 Å². The Morgan fingerprint density at radius 2 is 1.42 bits per heavy atom. The maximum Gasteiger partial charge on any atom is 0.416 e. The minimum Gasteiger partial charge on any atom is -0.503 e. The fourth-order valence-electron chi connectivity index (χ4n) is 8.48. The average Bonchev–Trinajstić information content (AvgIpc) is 3.46. The first-order valence-electron chi connectivity index (χ1n) is 15.9. The molecular weight excluding hydrogens is 830 g/mol. The monoisotopic (exact) mass is 854 g/mol. The van der Waals surface area contributed by atoms with Crippen LogP contribution in [0.5, 0.6) is 11.5 Å². The Kier molecular flexibility index (Phi) is 8.48. The number of ether oxygens (including phenoxy) is 1. The lowest BCUT2D eigenvalue weighted by molar-refractivity contribution is -0.143. The molecule has 0 radical (unpaired) electrons. The number of carbonyl (C=O) groups excluding carboxylic acids is 4. The highest BCUT2D eigenvalue weighted by molar-refractivity contribution is 9.13. The third-order valence-electron chi connectivity index (χ3n) is 10.8. The molecule has 272 valence electrons. The van der Waals surface area contributed by atoms with Crippen LogP contribution in [0, 0.1) is 29.1 Å². The fraction of sp³-hybridized carbons (Fsp3) is 0.333. The molecule has 0 spiro atoms. The molecule has 1 N–H and O–H groups in total. The van der Waals surface area contributed by atoms with Crippen LogP contribution >= 0.6 is 31.9 Å². The van der Waals surface area contributed by atoms with E-state index in [1.165, 1.54) is 13.2 Å². The van der Waals surface area contributed by atoms with Crippen molar-refractivity contribution in [2.45, 2.75) is 38.0 Å². The number of alkyl halides is 6. The minimum atomic E-state index is -5.23. The van der Waals surface area contributed by atoms with Crippen molar-refractivity contribution >= 4 is 66.9 Å². The number of anilines is 2. The molecule has 0 bridgehead atoms. The van der Waals surface area contributed by atoms with Gasteiger partial charge in [0.25, 0.3) is 0 Å². The van der Waals surface area contributed by atoms with Gasteiger partial charge in [0, 0.05) is 10.4 Å². The van der Waals surface area contributed by atoms with E-state index < -0.39 is 87.8 Å². The molecule has 3 aromatic carbocycles. The number of phenols is 1. The van der Waals surface area contributed by atoms with Crippen molar-refractivity contribution in [2.24, 2.45) is 29.1 Å². The van der Waals surface area contributed by atoms with Crippen LogP contribution in [0.25, 0.3) is 0 Å². The summed E-state index contributed by atoms with van der Waals surface area (Å²) in [6.45, 7) is 1.63. The highest BCUT2D eigenvalue weighted by atomic mass is 79.9. The summed E-state index contributed by atoms with van der Waals surface area (Å²) in [4.78, 5) is 58.6. The van der Waals surface area contributed by atoms with Crippen LogP contribution in [-0.2, 0) is 31.5 Å². The number of fused-ring (bicyclic) bond motifs is 4. The van der Waals surface area contributed by atoms with Gasteiger partial charge in [0.15, 0.2) is 11.5 Å². The smallest absolute Gasteiger partial charge is 0.416 e. The molecule has 1 saturated carbocycles. The summed E-state index contributed by atoms with van der Waals surface area (Å²) >= 11 is 6.87. The van der Waals surface area contributed by atoms with Gasteiger partial charge in [-0.3, -0.25) is 19.2 Å². The Bertz CT molecular complexity index is 2070. The lowest BCUT2D eigenvalue weighted by atomic mass is 9.51. The van der Waals surface area contributed by atoms with Gasteiger partial charge < -0.3 is 9.84 Å². The summed E-state index contributed by atoms with van der Waals surface area (Å²) in [5.74, 6) is -8.81. The molecule has 16 heteroatoms. The zero-order valence-corrected chi connectivity index (χ0v) is 30.2. The zero-order valence-electron chi connectivity index (χ0n) is 27.0. The van der Waals surface area contributed by atoms with E-state index in [0.29, 0.717) is 38.3 Å². The third-order valence-corrected chi connectivity index (χ3v) is 13.0. The summed E-state index contributed by atoms with van der Waals surface area (Å²) < 4.78 is 88.7. The van der Waals surface area contributed by atoms with Crippen molar-refractivity contribution in [3.8, 4) is 11.5 Å². The minimum absolute atomic E-state index is 0.0154. The Morgan fingerprint density at radius 3 is 2.00 bits per heavy atom. The number of aromatic hydroxyl groups is 1. The Hall–Kier alpha value is -4.18. The first-order valence-corrected chi connectivity index (χ1v) is 17.5. The van der Waals surface area contributed by atoms with E-state index >= 15 is 0 Å². The second kappa shape index (κ2) is 12.2. The number of rotatable bonds is 4. The number of allylic oxidation sites excluding steroid dienone is 2. The maximum absolute atomic E-state index is 14.6. The van der Waals surface area contributed by atoms with Crippen LogP contribution in [0.2, 0.25) is 0 Å². The number of halogens is 8. The lowest BCUT2D eigenvalue weighted by Crippen LogP contribution is -2.49. The van der Waals surface area contributed by atoms with Crippen LogP contribution in [0.4, 0.5) is 37.7 Å². The molecule has 7 rings (SSSR count). The Morgan fingerprint density at radius 1 is 0.808 bits per heavy atom. The first kappa shape index (κ1) is 36.2. The molecule has 2 heterocycles. The topological polar surface area (TPSA) is 104 Å². The number of amides is 4. The second-order valence-electron chi connectivity index (χ2n) is 13.4.